The average molecular weight is 128 g/mol. The Morgan fingerprint density at radius 1 is 1.33 bits per heavy atom. The molecule has 0 bridgehead atoms. The third-order valence-corrected chi connectivity index (χ3v) is 2.21. The van der Waals surface area contributed by atoms with Crippen molar-refractivity contribution in [3.05, 3.63) is 0 Å². The zero-order chi connectivity index (χ0) is 6.74. The Balaban J connectivity index is 2.37. The molecule has 2 nitrogen and oxygen atoms in total. The molecule has 54 valence electrons. The predicted molar refractivity (Wildman–Crippen MR) is 39.3 cm³/mol. The summed E-state index contributed by atoms with van der Waals surface area (Å²) < 4.78 is 0. The molecule has 2 N–H and O–H groups in total. The summed E-state index contributed by atoms with van der Waals surface area (Å²) in [7, 11) is 0. The fourth-order valence-electron chi connectivity index (χ4n) is 1.13. The molecule has 0 aromatic heterocycles. The van der Waals surface area contributed by atoms with E-state index in [9.17, 15) is 0 Å². The van der Waals surface area contributed by atoms with Crippen LogP contribution in [-0.4, -0.2) is 19.8 Å². The maximum atomic E-state index is 3.32. The summed E-state index contributed by atoms with van der Waals surface area (Å²) in [5.41, 5.74) is 0.498. The monoisotopic (exact) mass is 128 g/mol. The smallest absolute Gasteiger partial charge is 0.0454 e. The molecule has 1 fully saturated rings. The molecule has 0 amide bonds. The van der Waals surface area contributed by atoms with E-state index in [1.54, 1.807) is 0 Å². The highest BCUT2D eigenvalue weighted by Crippen LogP contribution is 2.19. The summed E-state index contributed by atoms with van der Waals surface area (Å²) in [4.78, 5) is 0. The first-order valence-electron chi connectivity index (χ1n) is 3.68. The van der Waals surface area contributed by atoms with Gasteiger partial charge in [-0.05, 0) is 11.8 Å². The van der Waals surface area contributed by atoms with Gasteiger partial charge in [-0.3, -0.25) is 0 Å². The molecule has 0 spiro atoms. The van der Waals surface area contributed by atoms with Crippen LogP contribution < -0.4 is 10.6 Å². The van der Waals surface area contributed by atoms with Gasteiger partial charge in [0.1, 0.15) is 0 Å². The molecule has 1 aliphatic rings. The van der Waals surface area contributed by atoms with Crippen molar-refractivity contribution in [1.82, 2.24) is 10.6 Å². The number of nitrogens with one attached hydrogen (secondary N) is 2. The molecule has 0 saturated carbocycles. The summed E-state index contributed by atoms with van der Waals surface area (Å²) in [6.07, 6.45) is 1.26. The van der Waals surface area contributed by atoms with Gasteiger partial charge < -0.3 is 10.6 Å². The van der Waals surface area contributed by atoms with Crippen LogP contribution in [0.2, 0.25) is 0 Å². The van der Waals surface area contributed by atoms with Gasteiger partial charge in [0.05, 0.1) is 0 Å². The van der Waals surface area contributed by atoms with Gasteiger partial charge in [0.15, 0.2) is 0 Å². The van der Waals surface area contributed by atoms with E-state index in [-0.39, 0.29) is 0 Å². The van der Waals surface area contributed by atoms with Gasteiger partial charge in [-0.25, -0.2) is 0 Å². The summed E-state index contributed by atoms with van der Waals surface area (Å²) >= 11 is 0. The lowest BCUT2D eigenvalue weighted by molar-refractivity contribution is 0.234. The molecule has 0 aromatic carbocycles. The van der Waals surface area contributed by atoms with Gasteiger partial charge in [-0.1, -0.05) is 13.8 Å². The molecular formula is C7H16N2. The first kappa shape index (κ1) is 7.03. The van der Waals surface area contributed by atoms with E-state index in [4.69, 9.17) is 0 Å². The van der Waals surface area contributed by atoms with E-state index < -0.39 is 0 Å². The Labute approximate surface area is 57.0 Å². The molecule has 0 unspecified atom stereocenters. The molecule has 1 heterocycles. The molecule has 0 aromatic rings. The average Bonchev–Trinajstić information content (AvgIpc) is 1.90. The van der Waals surface area contributed by atoms with Crippen molar-refractivity contribution in [3.63, 3.8) is 0 Å². The van der Waals surface area contributed by atoms with Gasteiger partial charge in [-0.15, -0.1) is 0 Å². The Hall–Kier alpha value is -0.0800. The van der Waals surface area contributed by atoms with E-state index >= 15 is 0 Å². The van der Waals surface area contributed by atoms with Crippen LogP contribution in [0.5, 0.6) is 0 Å². The lowest BCUT2D eigenvalue weighted by Gasteiger charge is -2.33. The van der Waals surface area contributed by atoms with E-state index in [1.807, 2.05) is 0 Å². The minimum absolute atomic E-state index is 0.498. The number of hydrogen-bond acceptors (Lipinski definition) is 2. The minimum atomic E-state index is 0.498. The van der Waals surface area contributed by atoms with Crippen molar-refractivity contribution in [3.8, 4) is 0 Å². The summed E-state index contributed by atoms with van der Waals surface area (Å²) in [5.74, 6) is 0. The first-order chi connectivity index (χ1) is 4.27. The van der Waals surface area contributed by atoms with Crippen molar-refractivity contribution in [2.24, 2.45) is 5.41 Å². The van der Waals surface area contributed by atoms with Crippen LogP contribution >= 0.6 is 0 Å². The van der Waals surface area contributed by atoms with Crippen molar-refractivity contribution in [2.45, 2.75) is 20.3 Å². The lowest BCUT2D eigenvalue weighted by Crippen LogP contribution is -2.49. The Bertz CT molecular complexity index is 84.9. The van der Waals surface area contributed by atoms with Crippen molar-refractivity contribution in [1.29, 1.82) is 0 Å². The van der Waals surface area contributed by atoms with Crippen LogP contribution in [0.15, 0.2) is 0 Å². The van der Waals surface area contributed by atoms with Crippen LogP contribution in [0.25, 0.3) is 0 Å². The highest BCUT2D eigenvalue weighted by atomic mass is 15.1. The lowest BCUT2D eigenvalue weighted by atomic mass is 9.86. The van der Waals surface area contributed by atoms with Crippen LogP contribution in [-0.2, 0) is 0 Å². The van der Waals surface area contributed by atoms with Crippen molar-refractivity contribution in [2.75, 3.05) is 19.8 Å². The van der Waals surface area contributed by atoms with Crippen LogP contribution in [0.4, 0.5) is 0 Å². The molecule has 9 heavy (non-hydrogen) atoms. The van der Waals surface area contributed by atoms with Gasteiger partial charge >= 0.3 is 0 Å². The molecule has 0 radical (unpaired) electrons. The maximum absolute atomic E-state index is 3.32. The second-order valence-corrected chi connectivity index (χ2v) is 3.19. The third kappa shape index (κ3) is 1.66. The van der Waals surface area contributed by atoms with Gasteiger partial charge in [0.2, 0.25) is 0 Å². The molecule has 1 aliphatic heterocycles. The summed E-state index contributed by atoms with van der Waals surface area (Å²) in [6.45, 7) is 7.86. The standard InChI is InChI=1S/C7H16N2/c1-3-7(2)4-8-6-9-5-7/h8-9H,3-6H2,1-2H3. The largest absolute Gasteiger partial charge is 0.304 e. The highest BCUT2D eigenvalue weighted by molar-refractivity contribution is 4.80. The number of rotatable bonds is 1. The highest BCUT2D eigenvalue weighted by Gasteiger charge is 2.23. The SMILES string of the molecule is CCC1(C)CNCNC1. The first-order valence-corrected chi connectivity index (χ1v) is 3.68. The topological polar surface area (TPSA) is 24.1 Å². The molecular weight excluding hydrogens is 112 g/mol. The Kier molecular flexibility index (Phi) is 2.09. The number of hydrogen-bond donors (Lipinski definition) is 2. The van der Waals surface area contributed by atoms with Crippen LogP contribution in [0.1, 0.15) is 20.3 Å². The van der Waals surface area contributed by atoms with Crippen LogP contribution in [0, 0.1) is 5.41 Å². The minimum Gasteiger partial charge on any atom is -0.304 e. The maximum Gasteiger partial charge on any atom is 0.0454 e. The van der Waals surface area contributed by atoms with Crippen molar-refractivity contribution >= 4 is 0 Å². The summed E-state index contributed by atoms with van der Waals surface area (Å²) in [6, 6.07) is 0. The molecule has 0 atom stereocenters. The van der Waals surface area contributed by atoms with E-state index in [1.165, 1.54) is 6.42 Å². The third-order valence-electron chi connectivity index (χ3n) is 2.21. The second-order valence-electron chi connectivity index (χ2n) is 3.19. The van der Waals surface area contributed by atoms with E-state index in [0.29, 0.717) is 5.41 Å². The molecule has 1 rings (SSSR count). The Morgan fingerprint density at radius 3 is 2.22 bits per heavy atom. The normalized spacial score (nSPS) is 26.0. The molecule has 2 heteroatoms. The second kappa shape index (κ2) is 2.67. The van der Waals surface area contributed by atoms with Gasteiger partial charge in [0.25, 0.3) is 0 Å². The molecule has 0 aliphatic carbocycles. The molecule has 1 saturated heterocycles. The quantitative estimate of drug-likeness (QED) is 0.539. The van der Waals surface area contributed by atoms with E-state index in [0.717, 1.165) is 19.8 Å². The predicted octanol–water partition coefficient (Wildman–Crippen LogP) is 0.553. The van der Waals surface area contributed by atoms with Crippen molar-refractivity contribution < 1.29 is 0 Å². The van der Waals surface area contributed by atoms with E-state index in [2.05, 4.69) is 24.5 Å². The van der Waals surface area contributed by atoms with Gasteiger partial charge in [0, 0.05) is 19.8 Å². The van der Waals surface area contributed by atoms with Crippen LogP contribution in [0.3, 0.4) is 0 Å². The zero-order valence-electron chi connectivity index (χ0n) is 6.33. The fraction of sp³-hybridized carbons (Fsp3) is 1.00. The van der Waals surface area contributed by atoms with Gasteiger partial charge in [-0.2, -0.15) is 0 Å². The zero-order valence-corrected chi connectivity index (χ0v) is 6.33. The fourth-order valence-corrected chi connectivity index (χ4v) is 1.13. The summed E-state index contributed by atoms with van der Waals surface area (Å²) in [5, 5.41) is 6.63. The Morgan fingerprint density at radius 2 is 1.89 bits per heavy atom.